The van der Waals surface area contributed by atoms with E-state index in [1.807, 2.05) is 25.1 Å². The first kappa shape index (κ1) is 18.2. The molecule has 1 aromatic heterocycles. The van der Waals surface area contributed by atoms with Gasteiger partial charge in [0.2, 0.25) is 5.91 Å². The van der Waals surface area contributed by atoms with Gasteiger partial charge in [-0.05, 0) is 56.6 Å². The molecule has 0 spiro atoms. The standard InChI is InChI=1S/C17H20N4O2.ClH/c1-12-8-10-19-17(20-12)23-15-6-4-13(5-7-15)21-16(22)11-14-3-2-9-18-14;/h4-8,10,14,18H,2-3,9,11H2,1H3,(H,21,22);1H. The first-order valence-corrected chi connectivity index (χ1v) is 7.80. The molecule has 0 radical (unpaired) electrons. The van der Waals surface area contributed by atoms with Crippen molar-refractivity contribution in [3.8, 4) is 11.8 Å². The molecule has 1 aliphatic rings. The lowest BCUT2D eigenvalue weighted by Gasteiger charge is -2.11. The van der Waals surface area contributed by atoms with Gasteiger partial charge in [-0.2, -0.15) is 0 Å². The molecule has 24 heavy (non-hydrogen) atoms. The number of anilines is 1. The van der Waals surface area contributed by atoms with Gasteiger partial charge in [0.25, 0.3) is 0 Å². The number of benzene rings is 1. The van der Waals surface area contributed by atoms with Crippen LogP contribution in [0, 0.1) is 6.92 Å². The molecule has 0 saturated carbocycles. The predicted molar refractivity (Wildman–Crippen MR) is 94.8 cm³/mol. The van der Waals surface area contributed by atoms with Gasteiger partial charge in [-0.25, -0.2) is 9.97 Å². The number of rotatable bonds is 5. The molecule has 1 aliphatic heterocycles. The molecule has 1 amide bonds. The molecule has 3 rings (SSSR count). The molecule has 2 N–H and O–H groups in total. The number of halogens is 1. The second-order valence-electron chi connectivity index (χ2n) is 5.65. The summed E-state index contributed by atoms with van der Waals surface area (Å²) in [6, 6.07) is 9.62. The highest BCUT2D eigenvalue weighted by molar-refractivity contribution is 5.91. The average molecular weight is 349 g/mol. The largest absolute Gasteiger partial charge is 0.424 e. The van der Waals surface area contributed by atoms with E-state index in [2.05, 4.69) is 20.6 Å². The molecule has 7 heteroatoms. The summed E-state index contributed by atoms with van der Waals surface area (Å²) in [6.45, 7) is 2.89. The van der Waals surface area contributed by atoms with Gasteiger partial charge in [-0.15, -0.1) is 12.4 Å². The summed E-state index contributed by atoms with van der Waals surface area (Å²) >= 11 is 0. The Hall–Kier alpha value is -2.18. The fourth-order valence-corrected chi connectivity index (χ4v) is 2.55. The first-order valence-electron chi connectivity index (χ1n) is 7.80. The summed E-state index contributed by atoms with van der Waals surface area (Å²) < 4.78 is 5.58. The van der Waals surface area contributed by atoms with Crippen LogP contribution >= 0.6 is 12.4 Å². The van der Waals surface area contributed by atoms with Crippen molar-refractivity contribution in [3.63, 3.8) is 0 Å². The van der Waals surface area contributed by atoms with Crippen molar-refractivity contribution < 1.29 is 9.53 Å². The summed E-state index contributed by atoms with van der Waals surface area (Å²) in [5.41, 5.74) is 1.60. The van der Waals surface area contributed by atoms with Gasteiger partial charge >= 0.3 is 6.01 Å². The average Bonchev–Trinajstić information content (AvgIpc) is 3.02. The minimum atomic E-state index is 0. The number of nitrogens with one attached hydrogen (secondary N) is 2. The van der Waals surface area contributed by atoms with Crippen molar-refractivity contribution in [1.82, 2.24) is 15.3 Å². The number of hydrogen-bond donors (Lipinski definition) is 2. The third-order valence-corrected chi connectivity index (χ3v) is 3.71. The number of aryl methyl sites for hydroxylation is 1. The molecule has 1 aromatic carbocycles. The van der Waals surface area contributed by atoms with Gasteiger partial charge in [0, 0.05) is 30.0 Å². The Balaban J connectivity index is 0.00000208. The monoisotopic (exact) mass is 348 g/mol. The minimum absolute atomic E-state index is 0. The Kier molecular flexibility index (Phi) is 6.52. The van der Waals surface area contributed by atoms with Crippen molar-refractivity contribution in [3.05, 3.63) is 42.2 Å². The molecule has 2 aromatic rings. The predicted octanol–water partition coefficient (Wildman–Crippen LogP) is 3.08. The van der Waals surface area contributed by atoms with Crippen LogP contribution in [0.1, 0.15) is 25.0 Å². The van der Waals surface area contributed by atoms with Crippen LogP contribution in [0.5, 0.6) is 11.8 Å². The van der Waals surface area contributed by atoms with Crippen molar-refractivity contribution in [2.45, 2.75) is 32.2 Å². The highest BCUT2D eigenvalue weighted by Gasteiger charge is 2.17. The lowest BCUT2D eigenvalue weighted by Crippen LogP contribution is -2.27. The lowest BCUT2D eigenvalue weighted by molar-refractivity contribution is -0.116. The molecular formula is C17H21ClN4O2. The van der Waals surface area contributed by atoms with E-state index >= 15 is 0 Å². The van der Waals surface area contributed by atoms with Gasteiger partial charge in [0.1, 0.15) is 5.75 Å². The third-order valence-electron chi connectivity index (χ3n) is 3.71. The highest BCUT2D eigenvalue weighted by atomic mass is 35.5. The zero-order chi connectivity index (χ0) is 16.1. The first-order chi connectivity index (χ1) is 11.2. The maximum atomic E-state index is 12.0. The van der Waals surface area contributed by atoms with Gasteiger partial charge in [-0.3, -0.25) is 4.79 Å². The SMILES string of the molecule is Cc1ccnc(Oc2ccc(NC(=O)CC3CCCN3)cc2)n1.Cl. The maximum absolute atomic E-state index is 12.0. The molecule has 1 atom stereocenters. The van der Waals surface area contributed by atoms with E-state index < -0.39 is 0 Å². The number of carbonyl (C=O) groups excluding carboxylic acids is 1. The van der Waals surface area contributed by atoms with Crippen LogP contribution in [0.15, 0.2) is 36.5 Å². The summed E-state index contributed by atoms with van der Waals surface area (Å²) in [4.78, 5) is 20.2. The number of carbonyl (C=O) groups is 1. The minimum Gasteiger partial charge on any atom is -0.424 e. The van der Waals surface area contributed by atoms with E-state index in [4.69, 9.17) is 4.74 Å². The smallest absolute Gasteiger partial charge is 0.322 e. The van der Waals surface area contributed by atoms with Crippen molar-refractivity contribution in [1.29, 1.82) is 0 Å². The van der Waals surface area contributed by atoms with Crippen LogP contribution < -0.4 is 15.4 Å². The van der Waals surface area contributed by atoms with Crippen LogP contribution in [-0.2, 0) is 4.79 Å². The molecule has 0 bridgehead atoms. The summed E-state index contributed by atoms with van der Waals surface area (Å²) in [5.74, 6) is 0.658. The Morgan fingerprint density at radius 1 is 1.33 bits per heavy atom. The second kappa shape index (κ2) is 8.61. The summed E-state index contributed by atoms with van der Waals surface area (Å²) in [7, 11) is 0. The van der Waals surface area contributed by atoms with E-state index in [1.165, 1.54) is 0 Å². The Morgan fingerprint density at radius 3 is 2.79 bits per heavy atom. The van der Waals surface area contributed by atoms with Crippen molar-refractivity contribution >= 4 is 24.0 Å². The van der Waals surface area contributed by atoms with Crippen LogP contribution in [-0.4, -0.2) is 28.5 Å². The number of nitrogens with zero attached hydrogens (tertiary/aromatic N) is 2. The van der Waals surface area contributed by atoms with Gasteiger partial charge < -0.3 is 15.4 Å². The van der Waals surface area contributed by atoms with E-state index in [9.17, 15) is 4.79 Å². The molecule has 1 fully saturated rings. The molecule has 128 valence electrons. The fourth-order valence-electron chi connectivity index (χ4n) is 2.55. The van der Waals surface area contributed by atoms with E-state index in [0.29, 0.717) is 24.2 Å². The molecule has 0 aliphatic carbocycles. The van der Waals surface area contributed by atoms with Crippen LogP contribution in [0.3, 0.4) is 0 Å². The number of aromatic nitrogens is 2. The highest BCUT2D eigenvalue weighted by Crippen LogP contribution is 2.20. The quantitative estimate of drug-likeness (QED) is 0.868. The molecule has 1 saturated heterocycles. The zero-order valence-corrected chi connectivity index (χ0v) is 14.3. The molecule has 2 heterocycles. The maximum Gasteiger partial charge on any atom is 0.322 e. The van der Waals surface area contributed by atoms with Gasteiger partial charge in [0.05, 0.1) is 0 Å². The lowest BCUT2D eigenvalue weighted by atomic mass is 10.1. The topological polar surface area (TPSA) is 76.1 Å². The van der Waals surface area contributed by atoms with Crippen molar-refractivity contribution in [2.75, 3.05) is 11.9 Å². The Bertz CT molecular complexity index is 673. The van der Waals surface area contributed by atoms with E-state index in [1.54, 1.807) is 18.3 Å². The van der Waals surface area contributed by atoms with Crippen molar-refractivity contribution in [2.24, 2.45) is 0 Å². The van der Waals surface area contributed by atoms with Crippen LogP contribution in [0.2, 0.25) is 0 Å². The van der Waals surface area contributed by atoms with Crippen LogP contribution in [0.25, 0.3) is 0 Å². The van der Waals surface area contributed by atoms with E-state index in [-0.39, 0.29) is 18.3 Å². The summed E-state index contributed by atoms with van der Waals surface area (Å²) in [5, 5.41) is 6.22. The second-order valence-corrected chi connectivity index (χ2v) is 5.65. The number of amides is 1. The van der Waals surface area contributed by atoms with E-state index in [0.717, 1.165) is 30.8 Å². The van der Waals surface area contributed by atoms with Gasteiger partial charge in [0.15, 0.2) is 0 Å². The van der Waals surface area contributed by atoms with Crippen LogP contribution in [0.4, 0.5) is 5.69 Å². The third kappa shape index (κ3) is 5.18. The molecule has 1 unspecified atom stereocenters. The normalized spacial score (nSPS) is 16.3. The summed E-state index contributed by atoms with van der Waals surface area (Å²) in [6.07, 6.45) is 4.38. The zero-order valence-electron chi connectivity index (χ0n) is 13.5. The Labute approximate surface area is 147 Å². The Morgan fingerprint density at radius 2 is 2.12 bits per heavy atom. The number of hydrogen-bond acceptors (Lipinski definition) is 5. The van der Waals surface area contributed by atoms with Gasteiger partial charge in [-0.1, -0.05) is 0 Å². The molecular weight excluding hydrogens is 328 g/mol. The fraction of sp³-hybridized carbons (Fsp3) is 0.353. The number of ether oxygens (including phenoxy) is 1. The molecule has 6 nitrogen and oxygen atoms in total.